The molecule has 6 heteroatoms. The maximum Gasteiger partial charge on any atom is 0.163 e. The molecule has 0 radical (unpaired) electrons. The van der Waals surface area contributed by atoms with Crippen LogP contribution in [-0.4, -0.2) is 24.4 Å². The third-order valence-corrected chi connectivity index (χ3v) is 3.02. The minimum Gasteiger partial charge on any atom is -0.277 e. The molecule has 0 spiro atoms. The topological polar surface area (TPSA) is 60.6 Å². The van der Waals surface area contributed by atoms with E-state index in [1.165, 1.54) is 0 Å². The molecule has 3 heterocycles. The number of aryl methyl sites for hydroxylation is 3. The SMILES string of the molecule is Cc1ccc(C)n1Nc1ncnc2c1cnn2C. The lowest BCUT2D eigenvalue weighted by atomic mass is 10.4. The van der Waals surface area contributed by atoms with Crippen molar-refractivity contribution >= 4 is 16.9 Å². The van der Waals surface area contributed by atoms with Gasteiger partial charge in [0.2, 0.25) is 0 Å². The lowest BCUT2D eigenvalue weighted by molar-refractivity contribution is 0.785. The van der Waals surface area contributed by atoms with Gasteiger partial charge in [0.1, 0.15) is 6.33 Å². The van der Waals surface area contributed by atoms with Crippen molar-refractivity contribution in [3.63, 3.8) is 0 Å². The number of nitrogens with one attached hydrogen (secondary N) is 1. The van der Waals surface area contributed by atoms with E-state index in [9.17, 15) is 0 Å². The second kappa shape index (κ2) is 3.83. The Hall–Kier alpha value is -2.37. The molecule has 0 aliphatic rings. The predicted octanol–water partition coefficient (Wildman–Crippen LogP) is 1.66. The van der Waals surface area contributed by atoms with Gasteiger partial charge in [0.25, 0.3) is 0 Å². The summed E-state index contributed by atoms with van der Waals surface area (Å²) in [6, 6.07) is 4.12. The molecule has 0 saturated carbocycles. The summed E-state index contributed by atoms with van der Waals surface area (Å²) in [5, 5.41) is 5.11. The first-order valence-electron chi connectivity index (χ1n) is 5.71. The van der Waals surface area contributed by atoms with Crippen molar-refractivity contribution in [1.82, 2.24) is 24.4 Å². The van der Waals surface area contributed by atoms with Crippen LogP contribution in [0.4, 0.5) is 5.82 Å². The first kappa shape index (κ1) is 10.8. The molecule has 0 amide bonds. The minimum absolute atomic E-state index is 0.760. The van der Waals surface area contributed by atoms with E-state index in [1.54, 1.807) is 17.2 Å². The van der Waals surface area contributed by atoms with E-state index in [0.717, 1.165) is 28.2 Å². The van der Waals surface area contributed by atoms with Crippen LogP contribution in [0.3, 0.4) is 0 Å². The molecule has 92 valence electrons. The summed E-state index contributed by atoms with van der Waals surface area (Å²) in [4.78, 5) is 8.50. The van der Waals surface area contributed by atoms with Crippen LogP contribution in [0.1, 0.15) is 11.4 Å². The summed E-state index contributed by atoms with van der Waals surface area (Å²) < 4.78 is 3.73. The molecular weight excluding hydrogens is 228 g/mol. The fraction of sp³-hybridized carbons (Fsp3) is 0.250. The summed E-state index contributed by atoms with van der Waals surface area (Å²) in [6.45, 7) is 4.09. The smallest absolute Gasteiger partial charge is 0.163 e. The minimum atomic E-state index is 0.760. The molecule has 0 unspecified atom stereocenters. The molecule has 3 aromatic rings. The van der Waals surface area contributed by atoms with Crippen molar-refractivity contribution in [1.29, 1.82) is 0 Å². The molecule has 1 N–H and O–H groups in total. The van der Waals surface area contributed by atoms with Gasteiger partial charge in [-0.05, 0) is 26.0 Å². The van der Waals surface area contributed by atoms with Crippen LogP contribution in [-0.2, 0) is 7.05 Å². The Morgan fingerprint density at radius 2 is 1.83 bits per heavy atom. The monoisotopic (exact) mass is 242 g/mol. The van der Waals surface area contributed by atoms with Crippen LogP contribution < -0.4 is 5.43 Å². The number of rotatable bonds is 2. The summed E-state index contributed by atoms with van der Waals surface area (Å²) in [5.41, 5.74) is 6.36. The van der Waals surface area contributed by atoms with Crippen LogP contribution in [0.15, 0.2) is 24.7 Å². The average Bonchev–Trinajstić information content (AvgIpc) is 2.88. The van der Waals surface area contributed by atoms with Gasteiger partial charge in [-0.2, -0.15) is 5.10 Å². The number of hydrogen-bond acceptors (Lipinski definition) is 4. The molecule has 3 rings (SSSR count). The van der Waals surface area contributed by atoms with Crippen molar-refractivity contribution < 1.29 is 0 Å². The Bertz CT molecular complexity index is 689. The Kier molecular flexibility index (Phi) is 2.29. The molecule has 0 saturated heterocycles. The molecular formula is C12H14N6. The van der Waals surface area contributed by atoms with Gasteiger partial charge in [-0.15, -0.1) is 0 Å². The third kappa shape index (κ3) is 1.54. The molecule has 3 aromatic heterocycles. The zero-order valence-corrected chi connectivity index (χ0v) is 10.5. The van der Waals surface area contributed by atoms with Crippen molar-refractivity contribution in [2.75, 3.05) is 5.43 Å². The van der Waals surface area contributed by atoms with E-state index in [4.69, 9.17) is 0 Å². The van der Waals surface area contributed by atoms with Gasteiger partial charge in [-0.1, -0.05) is 0 Å². The fourth-order valence-electron chi connectivity index (χ4n) is 2.00. The van der Waals surface area contributed by atoms with Crippen LogP contribution in [0, 0.1) is 13.8 Å². The highest BCUT2D eigenvalue weighted by atomic mass is 15.4. The van der Waals surface area contributed by atoms with E-state index >= 15 is 0 Å². The van der Waals surface area contributed by atoms with Gasteiger partial charge < -0.3 is 0 Å². The van der Waals surface area contributed by atoms with E-state index < -0.39 is 0 Å². The lowest BCUT2D eigenvalue weighted by Crippen LogP contribution is -2.13. The van der Waals surface area contributed by atoms with Gasteiger partial charge >= 0.3 is 0 Å². The number of fused-ring (bicyclic) bond motifs is 1. The normalized spacial score (nSPS) is 11.1. The number of anilines is 1. The average molecular weight is 242 g/mol. The second-order valence-electron chi connectivity index (χ2n) is 4.29. The van der Waals surface area contributed by atoms with Gasteiger partial charge in [0.05, 0.1) is 11.6 Å². The molecule has 0 fully saturated rings. The summed E-state index contributed by atoms with van der Waals surface area (Å²) >= 11 is 0. The van der Waals surface area contributed by atoms with Crippen LogP contribution >= 0.6 is 0 Å². The van der Waals surface area contributed by atoms with Crippen molar-refractivity contribution in [2.45, 2.75) is 13.8 Å². The molecule has 0 aromatic carbocycles. The van der Waals surface area contributed by atoms with E-state index in [0.29, 0.717) is 0 Å². The van der Waals surface area contributed by atoms with Crippen molar-refractivity contribution in [2.24, 2.45) is 7.05 Å². The number of nitrogens with zero attached hydrogens (tertiary/aromatic N) is 5. The third-order valence-electron chi connectivity index (χ3n) is 3.02. The van der Waals surface area contributed by atoms with Crippen molar-refractivity contribution in [3.05, 3.63) is 36.0 Å². The van der Waals surface area contributed by atoms with Crippen LogP contribution in [0.2, 0.25) is 0 Å². The maximum atomic E-state index is 4.28. The predicted molar refractivity (Wildman–Crippen MR) is 69.2 cm³/mol. The standard InChI is InChI=1S/C12H14N6/c1-8-4-5-9(2)18(8)16-11-10-6-15-17(3)12(10)14-7-13-11/h4-7H,1-3H3,(H,13,14,16). The molecule has 0 aliphatic carbocycles. The Balaban J connectivity index is 2.10. The molecule has 0 bridgehead atoms. The highest BCUT2D eigenvalue weighted by Crippen LogP contribution is 2.19. The van der Waals surface area contributed by atoms with Crippen molar-refractivity contribution in [3.8, 4) is 0 Å². The molecule has 18 heavy (non-hydrogen) atoms. The van der Waals surface area contributed by atoms with E-state index in [-0.39, 0.29) is 0 Å². The van der Waals surface area contributed by atoms with E-state index in [2.05, 4.69) is 32.6 Å². The zero-order chi connectivity index (χ0) is 12.7. The first-order chi connectivity index (χ1) is 8.66. The highest BCUT2D eigenvalue weighted by molar-refractivity contribution is 5.85. The number of aromatic nitrogens is 5. The Morgan fingerprint density at radius 1 is 1.11 bits per heavy atom. The second-order valence-corrected chi connectivity index (χ2v) is 4.29. The largest absolute Gasteiger partial charge is 0.277 e. The fourth-order valence-corrected chi connectivity index (χ4v) is 2.00. The molecule has 6 nitrogen and oxygen atoms in total. The zero-order valence-electron chi connectivity index (χ0n) is 10.5. The summed E-state index contributed by atoms with van der Waals surface area (Å²) in [7, 11) is 1.87. The van der Waals surface area contributed by atoms with Gasteiger partial charge in [-0.3, -0.25) is 14.8 Å². The van der Waals surface area contributed by atoms with E-state index in [1.807, 2.05) is 25.6 Å². The number of hydrogen-bond donors (Lipinski definition) is 1. The Morgan fingerprint density at radius 3 is 2.56 bits per heavy atom. The highest BCUT2D eigenvalue weighted by Gasteiger charge is 2.09. The van der Waals surface area contributed by atoms with Crippen LogP contribution in [0.5, 0.6) is 0 Å². The summed E-state index contributed by atoms with van der Waals surface area (Å²) in [6.07, 6.45) is 3.31. The summed E-state index contributed by atoms with van der Waals surface area (Å²) in [5.74, 6) is 0.760. The van der Waals surface area contributed by atoms with Gasteiger partial charge in [-0.25, -0.2) is 9.97 Å². The Labute approximate surface area is 104 Å². The quantitative estimate of drug-likeness (QED) is 0.742. The van der Waals surface area contributed by atoms with Gasteiger partial charge in [0, 0.05) is 18.4 Å². The molecule has 0 atom stereocenters. The first-order valence-corrected chi connectivity index (χ1v) is 5.71. The van der Waals surface area contributed by atoms with Crippen LogP contribution in [0.25, 0.3) is 11.0 Å². The lowest BCUT2D eigenvalue weighted by Gasteiger charge is -2.12. The van der Waals surface area contributed by atoms with Gasteiger partial charge in [0.15, 0.2) is 11.5 Å². The maximum absolute atomic E-state index is 4.28. The molecule has 0 aliphatic heterocycles.